The standard InChI is InChI=1S/C16H20O6P2.C2H6/c1-19-23(20-2)16(17)14-10-9-12-7-5-6-8-13(12)15(14)11-24(18,21-3)22-4;1-2/h5-10H,11H2,1-4H3;1-2H3. The van der Waals surface area contributed by atoms with Gasteiger partial charge in [0, 0.05) is 34.0 Å². The van der Waals surface area contributed by atoms with E-state index in [2.05, 4.69) is 0 Å². The summed E-state index contributed by atoms with van der Waals surface area (Å²) in [4.78, 5) is 12.7. The minimum absolute atomic E-state index is 0.0149. The zero-order valence-electron chi connectivity index (χ0n) is 16.0. The first kappa shape index (κ1) is 22.9. The third-order valence-corrected chi connectivity index (χ3v) is 6.73. The monoisotopic (exact) mass is 400 g/mol. The summed E-state index contributed by atoms with van der Waals surface area (Å²) < 4.78 is 33.0. The molecular weight excluding hydrogens is 374 g/mol. The maximum atomic E-state index is 12.7. The van der Waals surface area contributed by atoms with Crippen LogP contribution in [0.3, 0.4) is 0 Å². The molecule has 26 heavy (non-hydrogen) atoms. The summed E-state index contributed by atoms with van der Waals surface area (Å²) in [6.07, 6.45) is -0.0149. The summed E-state index contributed by atoms with van der Waals surface area (Å²) in [7, 11) is 0.421. The van der Waals surface area contributed by atoms with Crippen LogP contribution in [0.25, 0.3) is 10.8 Å². The predicted octanol–water partition coefficient (Wildman–Crippen LogP) is 5.60. The Balaban J connectivity index is 0.00000163. The van der Waals surface area contributed by atoms with Crippen molar-refractivity contribution < 1.29 is 27.5 Å². The van der Waals surface area contributed by atoms with Gasteiger partial charge in [0.15, 0.2) is 0 Å². The Kier molecular flexibility index (Phi) is 9.59. The van der Waals surface area contributed by atoms with Crippen molar-refractivity contribution in [3.8, 4) is 0 Å². The Morgan fingerprint density at radius 2 is 1.54 bits per heavy atom. The van der Waals surface area contributed by atoms with Gasteiger partial charge in [0.2, 0.25) is 13.9 Å². The van der Waals surface area contributed by atoms with E-state index in [1.807, 2.05) is 44.2 Å². The van der Waals surface area contributed by atoms with Crippen molar-refractivity contribution >= 4 is 32.3 Å². The second kappa shape index (κ2) is 10.9. The van der Waals surface area contributed by atoms with E-state index >= 15 is 0 Å². The van der Waals surface area contributed by atoms with E-state index in [1.54, 1.807) is 6.07 Å². The molecular formula is C18H26O6P2. The van der Waals surface area contributed by atoms with Gasteiger partial charge in [0.25, 0.3) is 0 Å². The summed E-state index contributed by atoms with van der Waals surface area (Å²) in [5.74, 6) is 0. The van der Waals surface area contributed by atoms with E-state index in [-0.39, 0.29) is 11.7 Å². The van der Waals surface area contributed by atoms with Crippen LogP contribution in [-0.4, -0.2) is 34.0 Å². The molecule has 0 aliphatic rings. The van der Waals surface area contributed by atoms with Gasteiger partial charge in [0.1, 0.15) is 0 Å². The number of fused-ring (bicyclic) bond motifs is 1. The third-order valence-electron chi connectivity index (χ3n) is 3.68. The molecule has 0 unspecified atom stereocenters. The highest BCUT2D eigenvalue weighted by molar-refractivity contribution is 7.66. The molecule has 0 aliphatic carbocycles. The van der Waals surface area contributed by atoms with E-state index in [4.69, 9.17) is 18.1 Å². The van der Waals surface area contributed by atoms with E-state index in [0.29, 0.717) is 11.1 Å². The van der Waals surface area contributed by atoms with Crippen LogP contribution in [0.15, 0.2) is 36.4 Å². The zero-order valence-corrected chi connectivity index (χ0v) is 17.8. The van der Waals surface area contributed by atoms with Gasteiger partial charge >= 0.3 is 7.60 Å². The summed E-state index contributed by atoms with van der Waals surface area (Å²) in [6, 6.07) is 11.1. The van der Waals surface area contributed by atoms with Crippen LogP contribution < -0.4 is 0 Å². The summed E-state index contributed by atoms with van der Waals surface area (Å²) >= 11 is 0. The van der Waals surface area contributed by atoms with Crippen LogP contribution in [0.5, 0.6) is 0 Å². The molecule has 0 heterocycles. The molecule has 2 rings (SSSR count). The minimum atomic E-state index is -3.35. The van der Waals surface area contributed by atoms with Crippen molar-refractivity contribution in [3.05, 3.63) is 47.5 Å². The lowest BCUT2D eigenvalue weighted by Crippen LogP contribution is -2.06. The van der Waals surface area contributed by atoms with E-state index in [0.717, 1.165) is 10.8 Å². The number of carbonyl (C=O) groups is 1. The van der Waals surface area contributed by atoms with Gasteiger partial charge in [-0.2, -0.15) is 0 Å². The number of hydrogen-bond donors (Lipinski definition) is 0. The fraction of sp³-hybridized carbons (Fsp3) is 0.389. The molecule has 8 heteroatoms. The lowest BCUT2D eigenvalue weighted by atomic mass is 10.0. The Labute approximate surface area is 156 Å². The topological polar surface area (TPSA) is 71.1 Å². The molecule has 144 valence electrons. The highest BCUT2D eigenvalue weighted by Gasteiger charge is 2.29. The summed E-state index contributed by atoms with van der Waals surface area (Å²) in [5, 5.41) is 1.75. The predicted molar refractivity (Wildman–Crippen MR) is 106 cm³/mol. The molecule has 0 atom stereocenters. The van der Waals surface area contributed by atoms with Crippen LogP contribution in [0.4, 0.5) is 0 Å². The fourth-order valence-corrected chi connectivity index (χ4v) is 4.46. The highest BCUT2D eigenvalue weighted by Crippen LogP contribution is 2.52. The highest BCUT2D eigenvalue weighted by atomic mass is 31.2. The summed E-state index contributed by atoms with van der Waals surface area (Å²) in [5.41, 5.74) is 0.721. The first-order chi connectivity index (χ1) is 12.5. The van der Waals surface area contributed by atoms with Gasteiger partial charge in [-0.3, -0.25) is 9.36 Å². The smallest absolute Gasteiger partial charge is 0.332 e. The van der Waals surface area contributed by atoms with Gasteiger partial charge in [-0.25, -0.2) is 0 Å². The number of benzene rings is 2. The van der Waals surface area contributed by atoms with Gasteiger partial charge in [-0.15, -0.1) is 0 Å². The van der Waals surface area contributed by atoms with Crippen LogP contribution >= 0.6 is 16.0 Å². The Morgan fingerprint density at radius 1 is 0.962 bits per heavy atom. The molecule has 0 fully saturated rings. The quantitative estimate of drug-likeness (QED) is 0.538. The average molecular weight is 400 g/mol. The molecule has 0 aliphatic heterocycles. The normalized spacial score (nSPS) is 11.3. The molecule has 0 saturated heterocycles. The van der Waals surface area contributed by atoms with Gasteiger partial charge in [-0.1, -0.05) is 44.2 Å². The van der Waals surface area contributed by atoms with Crippen molar-refractivity contribution in [2.75, 3.05) is 28.4 Å². The van der Waals surface area contributed by atoms with Crippen molar-refractivity contribution in [2.24, 2.45) is 0 Å². The number of hydrogen-bond acceptors (Lipinski definition) is 6. The largest absolute Gasteiger partial charge is 0.334 e. The molecule has 0 bridgehead atoms. The molecule has 0 N–H and O–H groups in total. The maximum Gasteiger partial charge on any atom is 0.334 e. The van der Waals surface area contributed by atoms with E-state index in [1.165, 1.54) is 28.4 Å². The molecule has 2 aromatic carbocycles. The van der Waals surface area contributed by atoms with Crippen LogP contribution in [0.2, 0.25) is 0 Å². The Morgan fingerprint density at radius 3 is 2.08 bits per heavy atom. The van der Waals surface area contributed by atoms with Crippen LogP contribution in [0, 0.1) is 0 Å². The maximum absolute atomic E-state index is 12.7. The second-order valence-corrected chi connectivity index (χ2v) is 8.79. The van der Waals surface area contributed by atoms with Crippen molar-refractivity contribution in [1.82, 2.24) is 0 Å². The minimum Gasteiger partial charge on any atom is -0.332 e. The molecule has 0 radical (unpaired) electrons. The van der Waals surface area contributed by atoms with Crippen molar-refractivity contribution in [3.63, 3.8) is 0 Å². The SMILES string of the molecule is CC.COP(OC)C(=O)c1ccc2ccccc2c1CP(=O)(OC)OC. The van der Waals surface area contributed by atoms with Crippen LogP contribution in [0.1, 0.15) is 29.8 Å². The van der Waals surface area contributed by atoms with Crippen molar-refractivity contribution in [2.45, 2.75) is 20.0 Å². The van der Waals surface area contributed by atoms with Gasteiger partial charge in [-0.05, 0) is 22.4 Å². The first-order valence-electron chi connectivity index (χ1n) is 8.13. The Bertz CT molecular complexity index is 765. The van der Waals surface area contributed by atoms with Gasteiger partial charge < -0.3 is 18.1 Å². The van der Waals surface area contributed by atoms with Crippen LogP contribution in [-0.2, 0) is 28.8 Å². The first-order valence-corrected chi connectivity index (χ1v) is 11.0. The lowest BCUT2D eigenvalue weighted by molar-refractivity contribution is 0.105. The van der Waals surface area contributed by atoms with E-state index < -0.39 is 16.0 Å². The molecule has 0 spiro atoms. The molecule has 2 aromatic rings. The third kappa shape index (κ3) is 5.20. The number of rotatable bonds is 8. The lowest BCUT2D eigenvalue weighted by Gasteiger charge is -2.19. The Hall–Kier alpha value is -1.13. The van der Waals surface area contributed by atoms with E-state index in [9.17, 15) is 9.36 Å². The fourth-order valence-electron chi connectivity index (χ4n) is 2.44. The number of carbonyl (C=O) groups excluding carboxylic acids is 1. The average Bonchev–Trinajstić information content (AvgIpc) is 2.70. The second-order valence-electron chi connectivity index (χ2n) is 4.87. The molecule has 0 saturated carbocycles. The molecule has 0 amide bonds. The molecule has 0 aromatic heterocycles. The molecule has 6 nitrogen and oxygen atoms in total. The van der Waals surface area contributed by atoms with Gasteiger partial charge in [0.05, 0.1) is 6.16 Å². The van der Waals surface area contributed by atoms with Crippen molar-refractivity contribution in [1.29, 1.82) is 0 Å². The zero-order chi connectivity index (χ0) is 19.7. The summed E-state index contributed by atoms with van der Waals surface area (Å²) in [6.45, 7) is 4.00.